The highest BCUT2D eigenvalue weighted by Crippen LogP contribution is 2.31. The van der Waals surface area contributed by atoms with Crippen LogP contribution in [0, 0.1) is 20.8 Å². The van der Waals surface area contributed by atoms with Crippen LogP contribution in [0.25, 0.3) is 22.4 Å². The Hall–Kier alpha value is -3.68. The van der Waals surface area contributed by atoms with Crippen molar-refractivity contribution in [3.63, 3.8) is 0 Å². The number of pyridine rings is 1. The molecule has 0 saturated carbocycles. The van der Waals surface area contributed by atoms with E-state index in [0.29, 0.717) is 11.5 Å². The second kappa shape index (κ2) is 8.45. The summed E-state index contributed by atoms with van der Waals surface area (Å²) in [5.41, 5.74) is 5.65. The molecule has 8 heteroatoms. The number of rotatable bonds is 6. The molecule has 0 fully saturated rings. The monoisotopic (exact) mass is 432 g/mol. The van der Waals surface area contributed by atoms with Gasteiger partial charge in [0.25, 0.3) is 5.91 Å². The minimum atomic E-state index is -0.198. The van der Waals surface area contributed by atoms with E-state index in [0.717, 1.165) is 39.3 Å². The molecule has 0 aliphatic rings. The zero-order valence-electron chi connectivity index (χ0n) is 19.3. The smallest absolute Gasteiger partial charge is 0.258 e. The van der Waals surface area contributed by atoms with Gasteiger partial charge < -0.3 is 14.6 Å². The van der Waals surface area contributed by atoms with Crippen molar-refractivity contribution in [1.82, 2.24) is 29.6 Å². The third-order valence-corrected chi connectivity index (χ3v) is 5.81. The number of hydrogen-bond acceptors (Lipinski definition) is 5. The normalized spacial score (nSPS) is 12.2. The maximum absolute atomic E-state index is 12.5. The van der Waals surface area contributed by atoms with E-state index in [2.05, 4.69) is 20.4 Å². The number of hydrogen-bond donors (Lipinski definition) is 1. The fraction of sp³-hybridized carbons (Fsp3) is 0.333. The first-order valence-electron chi connectivity index (χ1n) is 10.6. The van der Waals surface area contributed by atoms with Crippen LogP contribution in [-0.4, -0.2) is 36.8 Å². The van der Waals surface area contributed by atoms with Crippen molar-refractivity contribution in [1.29, 1.82) is 0 Å². The van der Waals surface area contributed by atoms with E-state index in [4.69, 9.17) is 4.74 Å². The summed E-state index contributed by atoms with van der Waals surface area (Å²) in [6.45, 7) is 7.83. The lowest BCUT2D eigenvalue weighted by molar-refractivity contribution is -0.123. The number of benzene rings is 1. The second-order valence-corrected chi connectivity index (χ2v) is 8.13. The van der Waals surface area contributed by atoms with Crippen LogP contribution in [0.15, 0.2) is 36.5 Å². The standard InChI is InChI=1S/C24H28N6O2/c1-14-9-7-8-10-18(14)16(3)26-20(31)13-32-21-11-15(2)22-23(28-30(6)24(22)27-21)19-12-25-17(4)29(19)5/h7-12,16H,13H2,1-6H3,(H,26,31). The van der Waals surface area contributed by atoms with E-state index in [-0.39, 0.29) is 18.6 Å². The van der Waals surface area contributed by atoms with Gasteiger partial charge >= 0.3 is 0 Å². The molecule has 8 nitrogen and oxygen atoms in total. The van der Waals surface area contributed by atoms with Crippen molar-refractivity contribution in [3.05, 3.63) is 59.0 Å². The molecule has 1 N–H and O–H groups in total. The highest BCUT2D eigenvalue weighted by Gasteiger charge is 2.19. The Morgan fingerprint density at radius 3 is 2.59 bits per heavy atom. The molecule has 3 aromatic heterocycles. The minimum absolute atomic E-state index is 0.105. The Morgan fingerprint density at radius 2 is 1.91 bits per heavy atom. The van der Waals surface area contributed by atoms with E-state index in [9.17, 15) is 4.79 Å². The Morgan fingerprint density at radius 1 is 1.16 bits per heavy atom. The number of fused-ring (bicyclic) bond motifs is 1. The molecule has 1 aromatic carbocycles. The number of carbonyl (C=O) groups is 1. The zero-order valence-corrected chi connectivity index (χ0v) is 19.3. The van der Waals surface area contributed by atoms with Gasteiger partial charge in [0.1, 0.15) is 11.5 Å². The van der Waals surface area contributed by atoms with Gasteiger partial charge in [0, 0.05) is 20.2 Å². The van der Waals surface area contributed by atoms with Crippen LogP contribution in [0.4, 0.5) is 0 Å². The number of aromatic nitrogens is 5. The first-order valence-corrected chi connectivity index (χ1v) is 10.6. The molecule has 1 amide bonds. The Kier molecular flexibility index (Phi) is 5.69. The van der Waals surface area contributed by atoms with E-state index in [1.54, 1.807) is 4.68 Å². The van der Waals surface area contributed by atoms with Crippen molar-refractivity contribution >= 4 is 16.9 Å². The Labute approximate surface area is 187 Å². The Balaban J connectivity index is 1.52. The van der Waals surface area contributed by atoms with Gasteiger partial charge in [-0.2, -0.15) is 10.1 Å². The topological polar surface area (TPSA) is 86.9 Å². The third-order valence-electron chi connectivity index (χ3n) is 5.81. The second-order valence-electron chi connectivity index (χ2n) is 8.13. The molecule has 0 bridgehead atoms. The molecule has 4 aromatic rings. The molecular formula is C24H28N6O2. The molecule has 166 valence electrons. The van der Waals surface area contributed by atoms with Gasteiger partial charge in [0.05, 0.1) is 23.3 Å². The predicted molar refractivity (Wildman–Crippen MR) is 123 cm³/mol. The van der Waals surface area contributed by atoms with Crippen molar-refractivity contribution in [3.8, 4) is 17.3 Å². The van der Waals surface area contributed by atoms with Gasteiger partial charge in [-0.25, -0.2) is 9.67 Å². The molecule has 0 aliphatic carbocycles. The molecule has 1 unspecified atom stereocenters. The summed E-state index contributed by atoms with van der Waals surface area (Å²) in [4.78, 5) is 21.5. The van der Waals surface area contributed by atoms with Crippen molar-refractivity contribution in [2.24, 2.45) is 14.1 Å². The predicted octanol–water partition coefficient (Wildman–Crippen LogP) is 3.55. The lowest BCUT2D eigenvalue weighted by Crippen LogP contribution is -2.31. The molecular weight excluding hydrogens is 404 g/mol. The maximum atomic E-state index is 12.5. The summed E-state index contributed by atoms with van der Waals surface area (Å²) < 4.78 is 9.47. The summed E-state index contributed by atoms with van der Waals surface area (Å²) in [5, 5.41) is 8.60. The lowest BCUT2D eigenvalue weighted by Gasteiger charge is -2.16. The van der Waals surface area contributed by atoms with Crippen molar-refractivity contribution in [2.75, 3.05) is 6.61 Å². The number of nitrogens with one attached hydrogen (secondary N) is 1. The number of ether oxygens (including phenoxy) is 1. The van der Waals surface area contributed by atoms with Crippen LogP contribution in [0.5, 0.6) is 5.88 Å². The van der Waals surface area contributed by atoms with E-state index >= 15 is 0 Å². The maximum Gasteiger partial charge on any atom is 0.258 e. The number of imidazole rings is 1. The lowest BCUT2D eigenvalue weighted by atomic mass is 10.0. The van der Waals surface area contributed by atoms with Gasteiger partial charge in [-0.1, -0.05) is 24.3 Å². The number of amides is 1. The van der Waals surface area contributed by atoms with Gasteiger partial charge in [-0.3, -0.25) is 4.79 Å². The van der Waals surface area contributed by atoms with Gasteiger partial charge in [0.15, 0.2) is 12.3 Å². The van der Waals surface area contributed by atoms with E-state index in [1.165, 1.54) is 0 Å². The van der Waals surface area contributed by atoms with Gasteiger partial charge in [0.2, 0.25) is 5.88 Å². The van der Waals surface area contributed by atoms with E-state index < -0.39 is 0 Å². The molecule has 0 saturated heterocycles. The summed E-state index contributed by atoms with van der Waals surface area (Å²) in [6, 6.07) is 9.74. The fourth-order valence-corrected chi connectivity index (χ4v) is 3.95. The zero-order chi connectivity index (χ0) is 23.0. The van der Waals surface area contributed by atoms with Gasteiger partial charge in [-0.15, -0.1) is 0 Å². The highest BCUT2D eigenvalue weighted by molar-refractivity contribution is 5.93. The van der Waals surface area contributed by atoms with E-state index in [1.807, 2.05) is 82.9 Å². The fourth-order valence-electron chi connectivity index (χ4n) is 3.95. The number of aryl methyl sites for hydroxylation is 4. The average molecular weight is 433 g/mol. The minimum Gasteiger partial charge on any atom is -0.468 e. The summed E-state index contributed by atoms with van der Waals surface area (Å²) in [7, 11) is 3.82. The Bertz CT molecular complexity index is 1300. The average Bonchev–Trinajstić information content (AvgIpc) is 3.26. The van der Waals surface area contributed by atoms with Crippen LogP contribution < -0.4 is 10.1 Å². The van der Waals surface area contributed by atoms with Crippen LogP contribution >= 0.6 is 0 Å². The molecule has 0 spiro atoms. The summed E-state index contributed by atoms with van der Waals surface area (Å²) in [5.74, 6) is 1.11. The molecule has 0 radical (unpaired) electrons. The van der Waals surface area contributed by atoms with Crippen LogP contribution in [0.2, 0.25) is 0 Å². The molecule has 3 heterocycles. The molecule has 1 atom stereocenters. The highest BCUT2D eigenvalue weighted by atomic mass is 16.5. The molecule has 32 heavy (non-hydrogen) atoms. The SMILES string of the molecule is Cc1ccccc1C(C)NC(=O)COc1cc(C)c2c(-c3cnc(C)n3C)nn(C)c2n1. The quantitative estimate of drug-likeness (QED) is 0.504. The van der Waals surface area contributed by atoms with Crippen molar-refractivity contribution < 1.29 is 9.53 Å². The third kappa shape index (κ3) is 3.95. The molecule has 4 rings (SSSR count). The largest absolute Gasteiger partial charge is 0.468 e. The van der Waals surface area contributed by atoms with Crippen LogP contribution in [-0.2, 0) is 18.9 Å². The summed E-state index contributed by atoms with van der Waals surface area (Å²) in [6.07, 6.45) is 1.82. The van der Waals surface area contributed by atoms with Gasteiger partial charge in [-0.05, 0) is 44.4 Å². The molecule has 0 aliphatic heterocycles. The van der Waals surface area contributed by atoms with Crippen molar-refractivity contribution in [2.45, 2.75) is 33.7 Å². The van der Waals surface area contributed by atoms with Crippen LogP contribution in [0.3, 0.4) is 0 Å². The summed E-state index contributed by atoms with van der Waals surface area (Å²) >= 11 is 0. The number of nitrogens with zero attached hydrogens (tertiary/aromatic N) is 5. The first kappa shape index (κ1) is 21.5. The first-order chi connectivity index (χ1) is 15.3. The van der Waals surface area contributed by atoms with Crippen LogP contribution in [0.1, 0.15) is 35.5 Å². The number of carbonyl (C=O) groups excluding carboxylic acids is 1.